The summed E-state index contributed by atoms with van der Waals surface area (Å²) in [5.74, 6) is -1.13. The summed E-state index contributed by atoms with van der Waals surface area (Å²) in [6.45, 7) is 2.22. The molecule has 128 valence electrons. The molecular formula is C19H29NO3. The molecule has 0 aromatic heterocycles. The second kappa shape index (κ2) is 11.7. The number of carbonyl (C=O) groups is 2. The highest BCUT2D eigenvalue weighted by atomic mass is 16.6. The predicted molar refractivity (Wildman–Crippen MR) is 93.1 cm³/mol. The van der Waals surface area contributed by atoms with Gasteiger partial charge in [0.05, 0.1) is 5.56 Å². The largest absolute Gasteiger partial charge is 0.398 e. The molecule has 2 N–H and O–H groups in total. The van der Waals surface area contributed by atoms with Crippen LogP contribution in [0, 0.1) is 0 Å². The standard InChI is InChI=1S/C19H29NO3/c1-2-3-4-5-6-7-8-9-10-15-18(21)23-19(22)16-13-11-12-14-17(16)20/h11-14H,2-10,15,20H2,1H3. The van der Waals surface area contributed by atoms with Crippen LogP contribution in [0.15, 0.2) is 24.3 Å². The monoisotopic (exact) mass is 319 g/mol. The zero-order valence-corrected chi connectivity index (χ0v) is 14.2. The molecule has 0 radical (unpaired) electrons. The number of esters is 2. The van der Waals surface area contributed by atoms with Crippen molar-refractivity contribution in [1.82, 2.24) is 0 Å². The van der Waals surface area contributed by atoms with Crippen molar-refractivity contribution in [2.45, 2.75) is 71.1 Å². The normalized spacial score (nSPS) is 10.5. The molecule has 0 unspecified atom stereocenters. The van der Waals surface area contributed by atoms with Gasteiger partial charge >= 0.3 is 11.9 Å². The molecule has 0 spiro atoms. The lowest BCUT2D eigenvalue weighted by Gasteiger charge is -2.05. The van der Waals surface area contributed by atoms with E-state index in [9.17, 15) is 9.59 Å². The van der Waals surface area contributed by atoms with E-state index in [-0.39, 0.29) is 12.0 Å². The Morgan fingerprint density at radius 2 is 1.48 bits per heavy atom. The van der Waals surface area contributed by atoms with E-state index >= 15 is 0 Å². The fourth-order valence-corrected chi connectivity index (χ4v) is 2.47. The minimum Gasteiger partial charge on any atom is -0.398 e. The van der Waals surface area contributed by atoms with Crippen molar-refractivity contribution in [3.05, 3.63) is 29.8 Å². The number of benzene rings is 1. The first-order valence-corrected chi connectivity index (χ1v) is 8.74. The number of anilines is 1. The first-order valence-electron chi connectivity index (χ1n) is 8.74. The van der Waals surface area contributed by atoms with Gasteiger partial charge in [0.2, 0.25) is 0 Å². The summed E-state index contributed by atoms with van der Waals surface area (Å²) in [6.07, 6.45) is 10.9. The van der Waals surface area contributed by atoms with E-state index < -0.39 is 11.9 Å². The smallest absolute Gasteiger partial charge is 0.347 e. The van der Waals surface area contributed by atoms with E-state index in [1.54, 1.807) is 24.3 Å². The SMILES string of the molecule is CCCCCCCCCCCC(=O)OC(=O)c1ccccc1N. The van der Waals surface area contributed by atoms with Gasteiger partial charge in [0.15, 0.2) is 0 Å². The number of carbonyl (C=O) groups excluding carboxylic acids is 2. The number of rotatable bonds is 11. The van der Waals surface area contributed by atoms with Gasteiger partial charge in [-0.1, -0.05) is 70.4 Å². The van der Waals surface area contributed by atoms with Crippen LogP contribution in [0.1, 0.15) is 81.5 Å². The Bertz CT molecular complexity index is 485. The Hall–Kier alpha value is -1.84. The van der Waals surface area contributed by atoms with Gasteiger partial charge in [-0.05, 0) is 18.6 Å². The number of nitrogens with two attached hydrogens (primary N) is 1. The van der Waals surface area contributed by atoms with Crippen molar-refractivity contribution in [3.63, 3.8) is 0 Å². The molecule has 4 heteroatoms. The molecular weight excluding hydrogens is 290 g/mol. The second-order valence-electron chi connectivity index (χ2n) is 5.93. The lowest BCUT2D eigenvalue weighted by molar-refractivity contribution is -0.138. The van der Waals surface area contributed by atoms with E-state index in [4.69, 9.17) is 10.5 Å². The molecule has 0 heterocycles. The molecule has 1 aromatic rings. The first-order chi connectivity index (χ1) is 11.1. The molecule has 0 amide bonds. The summed E-state index contributed by atoms with van der Waals surface area (Å²) >= 11 is 0. The summed E-state index contributed by atoms with van der Waals surface area (Å²) < 4.78 is 4.83. The van der Waals surface area contributed by atoms with Gasteiger partial charge in [-0.15, -0.1) is 0 Å². The van der Waals surface area contributed by atoms with Gasteiger partial charge in [0.25, 0.3) is 0 Å². The van der Waals surface area contributed by atoms with Crippen molar-refractivity contribution < 1.29 is 14.3 Å². The third-order valence-corrected chi connectivity index (χ3v) is 3.87. The van der Waals surface area contributed by atoms with E-state index in [0.29, 0.717) is 5.69 Å². The number of hydrogen-bond acceptors (Lipinski definition) is 4. The van der Waals surface area contributed by atoms with Gasteiger partial charge < -0.3 is 10.5 Å². The number of unbranched alkanes of at least 4 members (excludes halogenated alkanes) is 8. The fraction of sp³-hybridized carbons (Fsp3) is 0.579. The molecule has 23 heavy (non-hydrogen) atoms. The maximum Gasteiger partial charge on any atom is 0.347 e. The van der Waals surface area contributed by atoms with Crippen molar-refractivity contribution in [1.29, 1.82) is 0 Å². The van der Waals surface area contributed by atoms with Gasteiger partial charge in [0, 0.05) is 12.1 Å². The van der Waals surface area contributed by atoms with Gasteiger partial charge in [-0.2, -0.15) is 0 Å². The van der Waals surface area contributed by atoms with E-state index in [2.05, 4.69) is 6.92 Å². The van der Waals surface area contributed by atoms with Gasteiger partial charge in [-0.25, -0.2) is 4.79 Å². The quantitative estimate of drug-likeness (QED) is 0.273. The van der Waals surface area contributed by atoms with Crippen LogP contribution in [0.25, 0.3) is 0 Å². The molecule has 0 saturated heterocycles. The molecule has 0 aliphatic carbocycles. The molecule has 0 fully saturated rings. The maximum absolute atomic E-state index is 11.8. The third kappa shape index (κ3) is 8.38. The predicted octanol–water partition coefficient (Wildman–Crippen LogP) is 4.87. The van der Waals surface area contributed by atoms with Gasteiger partial charge in [0.1, 0.15) is 0 Å². The third-order valence-electron chi connectivity index (χ3n) is 3.87. The Balaban J connectivity index is 2.09. The maximum atomic E-state index is 11.8. The lowest BCUT2D eigenvalue weighted by atomic mass is 10.1. The van der Waals surface area contributed by atoms with Crippen LogP contribution in [0.4, 0.5) is 5.69 Å². The fourth-order valence-electron chi connectivity index (χ4n) is 2.47. The minimum atomic E-state index is -0.663. The van der Waals surface area contributed by atoms with Crippen molar-refractivity contribution in [2.24, 2.45) is 0 Å². The highest BCUT2D eigenvalue weighted by molar-refractivity contribution is 6.00. The zero-order valence-electron chi connectivity index (χ0n) is 14.2. The van der Waals surface area contributed by atoms with Crippen LogP contribution in [-0.2, 0) is 9.53 Å². The number of nitrogen functional groups attached to an aromatic ring is 1. The molecule has 0 atom stereocenters. The summed E-state index contributed by atoms with van der Waals surface area (Å²) in [6, 6.07) is 6.60. The Morgan fingerprint density at radius 1 is 0.913 bits per heavy atom. The number of ether oxygens (including phenoxy) is 1. The van der Waals surface area contributed by atoms with Crippen LogP contribution in [0.3, 0.4) is 0 Å². The van der Waals surface area contributed by atoms with Crippen molar-refractivity contribution in [3.8, 4) is 0 Å². The first kappa shape index (κ1) is 19.2. The van der Waals surface area contributed by atoms with E-state index in [1.165, 1.54) is 38.5 Å². The lowest BCUT2D eigenvalue weighted by Crippen LogP contribution is -2.13. The molecule has 1 aromatic carbocycles. The molecule has 0 bridgehead atoms. The van der Waals surface area contributed by atoms with E-state index in [1.807, 2.05) is 0 Å². The average Bonchev–Trinajstić information content (AvgIpc) is 2.53. The molecule has 0 aliphatic rings. The highest BCUT2D eigenvalue weighted by Crippen LogP contribution is 2.14. The summed E-state index contributed by atoms with van der Waals surface area (Å²) in [7, 11) is 0. The zero-order chi connectivity index (χ0) is 16.9. The minimum absolute atomic E-state index is 0.243. The molecule has 4 nitrogen and oxygen atoms in total. The number of hydrogen-bond donors (Lipinski definition) is 1. The summed E-state index contributed by atoms with van der Waals surface area (Å²) in [4.78, 5) is 23.5. The topological polar surface area (TPSA) is 69.4 Å². The van der Waals surface area contributed by atoms with Crippen LogP contribution in [0.2, 0.25) is 0 Å². The summed E-state index contributed by atoms with van der Waals surface area (Å²) in [5.41, 5.74) is 6.25. The Kier molecular flexibility index (Phi) is 9.76. The van der Waals surface area contributed by atoms with Crippen LogP contribution >= 0.6 is 0 Å². The number of para-hydroxylation sites is 1. The molecule has 1 rings (SSSR count). The van der Waals surface area contributed by atoms with Crippen LogP contribution in [0.5, 0.6) is 0 Å². The second-order valence-corrected chi connectivity index (χ2v) is 5.93. The summed E-state index contributed by atoms with van der Waals surface area (Å²) in [5, 5.41) is 0. The van der Waals surface area contributed by atoms with Crippen LogP contribution in [-0.4, -0.2) is 11.9 Å². The Labute approximate surface area is 139 Å². The van der Waals surface area contributed by atoms with Gasteiger partial charge in [-0.3, -0.25) is 4.79 Å². The molecule has 0 aliphatic heterocycles. The van der Waals surface area contributed by atoms with Crippen molar-refractivity contribution >= 4 is 17.6 Å². The highest BCUT2D eigenvalue weighted by Gasteiger charge is 2.14. The van der Waals surface area contributed by atoms with Crippen molar-refractivity contribution in [2.75, 3.05) is 5.73 Å². The van der Waals surface area contributed by atoms with E-state index in [0.717, 1.165) is 19.3 Å². The Morgan fingerprint density at radius 3 is 2.09 bits per heavy atom. The average molecular weight is 319 g/mol. The van der Waals surface area contributed by atoms with Crippen LogP contribution < -0.4 is 5.73 Å². The molecule has 0 saturated carbocycles.